The van der Waals surface area contributed by atoms with Crippen molar-refractivity contribution >= 4 is 0 Å². The van der Waals surface area contributed by atoms with Crippen LogP contribution in [0.25, 0.3) is 0 Å². The molecular formula is C12H18F3N5O. The Morgan fingerprint density at radius 2 is 2.14 bits per heavy atom. The monoisotopic (exact) mass is 305 g/mol. The number of nitrogens with one attached hydrogen (secondary N) is 1. The standard InChI is InChI=1S/C12H18F3N5O/c13-12(14,15)11-18-17-10-7-19(4-5-20(10)11)3-1-9-8-21-6-2-16-9/h9,16H,1-8H2. The second-order valence-corrected chi connectivity index (χ2v) is 5.38. The molecule has 0 spiro atoms. The van der Waals surface area contributed by atoms with Crippen molar-refractivity contribution in [1.29, 1.82) is 0 Å². The second-order valence-electron chi connectivity index (χ2n) is 5.38. The fourth-order valence-electron chi connectivity index (χ4n) is 2.75. The van der Waals surface area contributed by atoms with Crippen LogP contribution in [0.1, 0.15) is 18.1 Å². The molecule has 0 saturated carbocycles. The predicted octanol–water partition coefficient (Wildman–Crippen LogP) is 0.491. The lowest BCUT2D eigenvalue weighted by atomic mass is 10.2. The highest BCUT2D eigenvalue weighted by Crippen LogP contribution is 2.29. The Kier molecular flexibility index (Phi) is 4.14. The molecule has 1 fully saturated rings. The van der Waals surface area contributed by atoms with E-state index in [9.17, 15) is 13.2 Å². The summed E-state index contributed by atoms with van der Waals surface area (Å²) in [5, 5.41) is 10.3. The van der Waals surface area contributed by atoms with Crippen molar-refractivity contribution in [3.63, 3.8) is 0 Å². The van der Waals surface area contributed by atoms with Gasteiger partial charge in [0.1, 0.15) is 5.82 Å². The number of ether oxygens (including phenoxy) is 1. The second kappa shape index (κ2) is 5.90. The lowest BCUT2D eigenvalue weighted by molar-refractivity contribution is -0.148. The first-order valence-electron chi connectivity index (χ1n) is 7.07. The largest absolute Gasteiger partial charge is 0.451 e. The van der Waals surface area contributed by atoms with Crippen LogP contribution in [0, 0.1) is 0 Å². The Morgan fingerprint density at radius 3 is 2.86 bits per heavy atom. The van der Waals surface area contributed by atoms with Gasteiger partial charge in [0.05, 0.1) is 19.8 Å². The van der Waals surface area contributed by atoms with Gasteiger partial charge in [0, 0.05) is 32.2 Å². The maximum Gasteiger partial charge on any atom is 0.451 e. The van der Waals surface area contributed by atoms with Crippen LogP contribution in [0.4, 0.5) is 13.2 Å². The van der Waals surface area contributed by atoms with Gasteiger partial charge in [-0.3, -0.25) is 4.90 Å². The molecule has 0 aromatic carbocycles. The van der Waals surface area contributed by atoms with E-state index in [0.29, 0.717) is 31.6 Å². The molecule has 0 radical (unpaired) electrons. The van der Waals surface area contributed by atoms with Crippen molar-refractivity contribution in [1.82, 2.24) is 25.0 Å². The van der Waals surface area contributed by atoms with Crippen molar-refractivity contribution in [2.75, 3.05) is 32.8 Å². The Bertz CT molecular complexity index is 484. The Labute approximate surface area is 120 Å². The van der Waals surface area contributed by atoms with E-state index in [2.05, 4.69) is 20.4 Å². The zero-order valence-corrected chi connectivity index (χ0v) is 11.6. The van der Waals surface area contributed by atoms with Crippen molar-refractivity contribution in [3.05, 3.63) is 11.6 Å². The van der Waals surface area contributed by atoms with Crippen LogP contribution < -0.4 is 5.32 Å². The van der Waals surface area contributed by atoms with Gasteiger partial charge in [0.25, 0.3) is 0 Å². The summed E-state index contributed by atoms with van der Waals surface area (Å²) in [5.41, 5.74) is 0. The quantitative estimate of drug-likeness (QED) is 0.881. The summed E-state index contributed by atoms with van der Waals surface area (Å²) in [6.07, 6.45) is -3.52. The van der Waals surface area contributed by atoms with E-state index in [1.165, 1.54) is 4.57 Å². The molecule has 2 aliphatic rings. The van der Waals surface area contributed by atoms with Crippen LogP contribution in [-0.4, -0.2) is 58.6 Å². The van der Waals surface area contributed by atoms with E-state index < -0.39 is 12.0 Å². The van der Waals surface area contributed by atoms with Gasteiger partial charge in [0.2, 0.25) is 5.82 Å². The smallest absolute Gasteiger partial charge is 0.379 e. The molecule has 1 N–H and O–H groups in total. The zero-order valence-electron chi connectivity index (χ0n) is 11.6. The van der Waals surface area contributed by atoms with Crippen LogP contribution in [0.3, 0.4) is 0 Å². The molecule has 1 aromatic rings. The summed E-state index contributed by atoms with van der Waals surface area (Å²) in [6.45, 7) is 4.39. The minimum Gasteiger partial charge on any atom is -0.379 e. The number of halogens is 3. The van der Waals surface area contributed by atoms with Gasteiger partial charge in [-0.15, -0.1) is 10.2 Å². The third kappa shape index (κ3) is 3.35. The Hall–Kier alpha value is -1.19. The van der Waals surface area contributed by atoms with Gasteiger partial charge >= 0.3 is 6.18 Å². The molecule has 1 aromatic heterocycles. The summed E-state index contributed by atoms with van der Waals surface area (Å²) >= 11 is 0. The zero-order chi connectivity index (χ0) is 14.9. The highest BCUT2D eigenvalue weighted by atomic mass is 19.4. The van der Waals surface area contributed by atoms with Crippen LogP contribution >= 0.6 is 0 Å². The molecule has 3 rings (SSSR count). The van der Waals surface area contributed by atoms with E-state index in [4.69, 9.17) is 4.74 Å². The van der Waals surface area contributed by atoms with E-state index in [1.807, 2.05) is 0 Å². The first kappa shape index (κ1) is 14.7. The average molecular weight is 305 g/mol. The lowest BCUT2D eigenvalue weighted by Crippen LogP contribution is -2.44. The van der Waals surface area contributed by atoms with Gasteiger partial charge in [-0.05, 0) is 6.42 Å². The first-order chi connectivity index (χ1) is 10.0. The normalized spacial score (nSPS) is 24.0. The van der Waals surface area contributed by atoms with Crippen molar-refractivity contribution in [3.8, 4) is 0 Å². The van der Waals surface area contributed by atoms with Crippen LogP contribution in [0.2, 0.25) is 0 Å². The number of hydrogen-bond acceptors (Lipinski definition) is 5. The maximum absolute atomic E-state index is 12.7. The molecule has 3 heterocycles. The summed E-state index contributed by atoms with van der Waals surface area (Å²) in [7, 11) is 0. The van der Waals surface area contributed by atoms with Gasteiger partial charge in [-0.2, -0.15) is 13.2 Å². The number of fused-ring (bicyclic) bond motifs is 1. The van der Waals surface area contributed by atoms with Crippen molar-refractivity contribution in [2.24, 2.45) is 0 Å². The van der Waals surface area contributed by atoms with Crippen molar-refractivity contribution in [2.45, 2.75) is 31.7 Å². The molecule has 1 atom stereocenters. The molecule has 118 valence electrons. The number of morpholine rings is 1. The van der Waals surface area contributed by atoms with Gasteiger partial charge in [-0.1, -0.05) is 0 Å². The van der Waals surface area contributed by atoms with E-state index in [-0.39, 0.29) is 6.54 Å². The summed E-state index contributed by atoms with van der Waals surface area (Å²) in [5.74, 6) is -0.499. The molecule has 21 heavy (non-hydrogen) atoms. The summed E-state index contributed by atoms with van der Waals surface area (Å²) < 4.78 is 44.8. The van der Waals surface area contributed by atoms with Gasteiger partial charge in [0.15, 0.2) is 0 Å². The maximum atomic E-state index is 12.7. The van der Waals surface area contributed by atoms with Gasteiger partial charge in [-0.25, -0.2) is 0 Å². The van der Waals surface area contributed by atoms with Crippen LogP contribution in [0.5, 0.6) is 0 Å². The van der Waals surface area contributed by atoms with E-state index in [1.54, 1.807) is 0 Å². The first-order valence-corrected chi connectivity index (χ1v) is 7.07. The molecule has 9 heteroatoms. The van der Waals surface area contributed by atoms with Crippen LogP contribution in [0.15, 0.2) is 0 Å². The third-order valence-electron chi connectivity index (χ3n) is 3.88. The van der Waals surface area contributed by atoms with Crippen LogP contribution in [-0.2, 0) is 24.0 Å². The SMILES string of the molecule is FC(F)(F)c1nnc2n1CCN(CCC1COCCN1)C2. The predicted molar refractivity (Wildman–Crippen MR) is 67.5 cm³/mol. The number of nitrogens with zero attached hydrogens (tertiary/aromatic N) is 4. The minimum absolute atomic E-state index is 0.284. The highest BCUT2D eigenvalue weighted by Gasteiger charge is 2.39. The Balaban J connectivity index is 1.56. The molecule has 0 aliphatic carbocycles. The summed E-state index contributed by atoms with van der Waals surface area (Å²) in [6, 6.07) is 0.323. The molecule has 2 aliphatic heterocycles. The molecular weight excluding hydrogens is 287 g/mol. The molecule has 0 amide bonds. The fraction of sp³-hybridized carbons (Fsp3) is 0.833. The molecule has 1 saturated heterocycles. The lowest BCUT2D eigenvalue weighted by Gasteiger charge is -2.30. The number of alkyl halides is 3. The molecule has 0 bridgehead atoms. The molecule has 6 nitrogen and oxygen atoms in total. The number of hydrogen-bond donors (Lipinski definition) is 1. The fourth-order valence-corrected chi connectivity index (χ4v) is 2.75. The number of rotatable bonds is 3. The molecule has 1 unspecified atom stereocenters. The minimum atomic E-state index is -4.43. The highest BCUT2D eigenvalue weighted by molar-refractivity contribution is 5.02. The Morgan fingerprint density at radius 1 is 1.29 bits per heavy atom. The average Bonchev–Trinajstić information content (AvgIpc) is 2.89. The topological polar surface area (TPSA) is 55.2 Å². The van der Waals surface area contributed by atoms with Gasteiger partial charge < -0.3 is 14.6 Å². The summed E-state index contributed by atoms with van der Waals surface area (Å²) in [4.78, 5) is 2.11. The number of aromatic nitrogens is 3. The third-order valence-corrected chi connectivity index (χ3v) is 3.88. The van der Waals surface area contributed by atoms with E-state index >= 15 is 0 Å². The van der Waals surface area contributed by atoms with Crippen molar-refractivity contribution < 1.29 is 17.9 Å². The van der Waals surface area contributed by atoms with E-state index in [0.717, 1.165) is 26.1 Å².